The summed E-state index contributed by atoms with van der Waals surface area (Å²) in [5, 5.41) is 72.7. The Labute approximate surface area is 398 Å². The van der Waals surface area contributed by atoms with Crippen molar-refractivity contribution in [2.24, 2.45) is 0 Å². The second-order valence-corrected chi connectivity index (χ2v) is 15.7. The third-order valence-corrected chi connectivity index (χ3v) is 9.25. The number of amides is 5. The van der Waals surface area contributed by atoms with Gasteiger partial charge in [0.15, 0.2) is 52.6 Å². The van der Waals surface area contributed by atoms with Crippen molar-refractivity contribution in [3.63, 3.8) is 0 Å². The topological polar surface area (TPSA) is 383 Å². The van der Waals surface area contributed by atoms with Gasteiger partial charge >= 0.3 is 24.0 Å². The Balaban J connectivity index is 1.39. The molecule has 0 spiro atoms. The third kappa shape index (κ3) is 16.6. The fourth-order valence-electron chi connectivity index (χ4n) is 5.78. The molecular formula is C44H53N5O21. The van der Waals surface area contributed by atoms with E-state index in [0.717, 1.165) is 36.4 Å². The maximum atomic E-state index is 13.6. The highest BCUT2D eigenvalue weighted by Gasteiger charge is 2.35. The van der Waals surface area contributed by atoms with Crippen LogP contribution in [0.15, 0.2) is 48.5 Å². The summed E-state index contributed by atoms with van der Waals surface area (Å²) >= 11 is 0. The molecule has 3 aromatic carbocycles. The molecule has 1 heterocycles. The Bertz CT molecular complexity index is 2320. The van der Waals surface area contributed by atoms with Crippen molar-refractivity contribution in [2.75, 3.05) is 72.6 Å². The number of ether oxygens (including phenoxy) is 7. The Morgan fingerprint density at radius 1 is 0.529 bits per heavy atom. The molecule has 11 N–H and O–H groups in total. The van der Waals surface area contributed by atoms with Crippen molar-refractivity contribution >= 4 is 47.6 Å². The Hall–Kier alpha value is -8.10. The number of benzene rings is 3. The second-order valence-electron chi connectivity index (χ2n) is 15.7. The quantitative estimate of drug-likeness (QED) is 0.0314. The van der Waals surface area contributed by atoms with Crippen molar-refractivity contribution < 1.29 is 102 Å². The molecule has 0 unspecified atom stereocenters. The average Bonchev–Trinajstić information content (AvgIpc) is 3.30. The Morgan fingerprint density at radius 3 is 1.34 bits per heavy atom. The number of phenols is 6. The molecular weight excluding hydrogens is 934 g/mol. The SMILES string of the molecule is CC(C)(C)OC(=O)NCCOCCOCCOCCNC(=O)c1cc(O)c(O)c(C(=O)N[C@H]2COC(=O)[C@@H](NC(=O)c3cccc(O)c3O)COC(=O)[C@@H](NC(=O)c3cccc(O)c3O)COC2=O)c1. The van der Waals surface area contributed by atoms with Crippen LogP contribution in [0, 0.1) is 0 Å². The zero-order chi connectivity index (χ0) is 51.5. The highest BCUT2D eigenvalue weighted by atomic mass is 16.6. The van der Waals surface area contributed by atoms with Gasteiger partial charge in [0.1, 0.15) is 25.4 Å². The van der Waals surface area contributed by atoms with Gasteiger partial charge in [-0.25, -0.2) is 19.2 Å². The minimum absolute atomic E-state index is 0.00525. The number of aromatic hydroxyl groups is 6. The molecule has 4 rings (SSSR count). The number of nitrogens with one attached hydrogen (secondary N) is 5. The smallest absolute Gasteiger partial charge is 0.407 e. The summed E-state index contributed by atoms with van der Waals surface area (Å²) in [6, 6.07) is 2.47. The molecule has 0 bridgehead atoms. The number of hydrogen-bond acceptors (Lipinski definition) is 21. The number of esters is 3. The first-order valence-corrected chi connectivity index (χ1v) is 21.1. The number of para-hydroxylation sites is 2. The lowest BCUT2D eigenvalue weighted by Gasteiger charge is -2.25. The van der Waals surface area contributed by atoms with E-state index in [1.54, 1.807) is 20.8 Å². The summed E-state index contributed by atoms with van der Waals surface area (Å²) < 4.78 is 36.8. The van der Waals surface area contributed by atoms with Crippen LogP contribution in [0.4, 0.5) is 4.79 Å². The van der Waals surface area contributed by atoms with Gasteiger partial charge in [-0.05, 0) is 57.2 Å². The first-order chi connectivity index (χ1) is 33.2. The van der Waals surface area contributed by atoms with Gasteiger partial charge in [0, 0.05) is 18.7 Å². The minimum atomic E-state index is -2.01. The van der Waals surface area contributed by atoms with Crippen LogP contribution in [0.1, 0.15) is 62.2 Å². The van der Waals surface area contributed by atoms with Gasteiger partial charge in [-0.3, -0.25) is 19.2 Å². The Kier molecular flexibility index (Phi) is 20.1. The first kappa shape index (κ1) is 54.5. The van der Waals surface area contributed by atoms with Crippen LogP contribution in [-0.2, 0) is 47.5 Å². The van der Waals surface area contributed by atoms with Crippen molar-refractivity contribution in [1.82, 2.24) is 26.6 Å². The zero-order valence-corrected chi connectivity index (χ0v) is 37.9. The Morgan fingerprint density at radius 2 is 0.914 bits per heavy atom. The van der Waals surface area contributed by atoms with Crippen LogP contribution in [0.3, 0.4) is 0 Å². The normalized spacial score (nSPS) is 16.4. The molecule has 1 aliphatic heterocycles. The molecule has 0 saturated carbocycles. The maximum Gasteiger partial charge on any atom is 0.407 e. The fourth-order valence-corrected chi connectivity index (χ4v) is 5.78. The van der Waals surface area contributed by atoms with E-state index in [4.69, 9.17) is 33.2 Å². The molecule has 70 heavy (non-hydrogen) atoms. The van der Waals surface area contributed by atoms with Gasteiger partial charge in [0.25, 0.3) is 23.6 Å². The van der Waals surface area contributed by atoms with Crippen LogP contribution in [0.2, 0.25) is 0 Å². The number of cyclic esters (lactones) is 3. The van der Waals surface area contributed by atoms with Gasteiger partial charge in [-0.2, -0.15) is 0 Å². The molecule has 0 radical (unpaired) electrons. The standard InChI is InChI=1S/C44H53N5O21/c1-44(2,3)70-43(63)46-11-13-65-15-17-66-16-14-64-12-10-45-36(56)23-18-26(35(55)32(52)19-23)39(59)49-29-22-69-41(61)27(47-37(57)24-6-4-8-30(50)33(24)53)20-67-40(60)28(21-68-42(29)62)48-38(58)25-7-5-9-31(51)34(25)54/h4-9,18-19,27-29,50-55H,10-17,20-22H2,1-3H3,(H,45,56)(H,46,63)(H,47,57)(H,48,58)(H,49,59)/t27-,28-,29-/m0/s1. The van der Waals surface area contributed by atoms with E-state index in [2.05, 4.69) is 26.6 Å². The molecule has 3 aromatic rings. The van der Waals surface area contributed by atoms with Crippen molar-refractivity contribution in [2.45, 2.75) is 44.5 Å². The van der Waals surface area contributed by atoms with Gasteiger partial charge < -0.3 is 90.4 Å². The molecule has 1 fully saturated rings. The first-order valence-electron chi connectivity index (χ1n) is 21.1. The van der Waals surface area contributed by atoms with Crippen LogP contribution < -0.4 is 26.6 Å². The van der Waals surface area contributed by atoms with E-state index in [-0.39, 0.29) is 58.3 Å². The van der Waals surface area contributed by atoms with Crippen molar-refractivity contribution in [1.29, 1.82) is 0 Å². The number of phenolic OH excluding ortho intramolecular Hbond substituents is 6. The van der Waals surface area contributed by atoms with Gasteiger partial charge in [0.2, 0.25) is 0 Å². The van der Waals surface area contributed by atoms with Crippen LogP contribution in [0.25, 0.3) is 0 Å². The lowest BCUT2D eigenvalue weighted by molar-refractivity contribution is -0.160. The number of rotatable bonds is 19. The van der Waals surface area contributed by atoms with E-state index in [1.165, 1.54) is 12.1 Å². The predicted molar refractivity (Wildman–Crippen MR) is 235 cm³/mol. The largest absolute Gasteiger partial charge is 0.504 e. The highest BCUT2D eigenvalue weighted by molar-refractivity contribution is 6.04. The monoisotopic (exact) mass is 987 g/mol. The van der Waals surface area contributed by atoms with Crippen LogP contribution in [0.5, 0.6) is 34.5 Å². The summed E-state index contributed by atoms with van der Waals surface area (Å²) in [4.78, 5) is 105. The molecule has 3 atom stereocenters. The number of carbonyl (C=O) groups is 8. The predicted octanol–water partition coefficient (Wildman–Crippen LogP) is -0.437. The lowest BCUT2D eigenvalue weighted by Crippen LogP contribution is -2.52. The van der Waals surface area contributed by atoms with E-state index >= 15 is 0 Å². The fraction of sp³-hybridized carbons (Fsp3) is 0.409. The maximum absolute atomic E-state index is 13.6. The summed E-state index contributed by atoms with van der Waals surface area (Å²) in [5.74, 6) is -13.9. The molecule has 380 valence electrons. The minimum Gasteiger partial charge on any atom is -0.504 e. The third-order valence-electron chi connectivity index (χ3n) is 9.25. The van der Waals surface area contributed by atoms with Gasteiger partial charge in [-0.15, -0.1) is 0 Å². The van der Waals surface area contributed by atoms with Crippen molar-refractivity contribution in [3.8, 4) is 34.5 Å². The van der Waals surface area contributed by atoms with E-state index in [9.17, 15) is 69.0 Å². The van der Waals surface area contributed by atoms with Gasteiger partial charge in [-0.1, -0.05) is 12.1 Å². The highest BCUT2D eigenvalue weighted by Crippen LogP contribution is 2.31. The summed E-state index contributed by atoms with van der Waals surface area (Å²) in [6.07, 6.45) is -0.559. The molecule has 0 aromatic heterocycles. The van der Waals surface area contributed by atoms with E-state index < -0.39 is 142 Å². The van der Waals surface area contributed by atoms with E-state index in [1.807, 2.05) is 0 Å². The van der Waals surface area contributed by atoms with Gasteiger partial charge in [0.05, 0.1) is 56.3 Å². The molecule has 0 aliphatic carbocycles. The number of hydrogen-bond donors (Lipinski definition) is 11. The van der Waals surface area contributed by atoms with Crippen LogP contribution >= 0.6 is 0 Å². The summed E-state index contributed by atoms with van der Waals surface area (Å²) in [7, 11) is 0. The molecule has 5 amide bonds. The molecule has 1 saturated heterocycles. The molecule has 26 nitrogen and oxygen atoms in total. The van der Waals surface area contributed by atoms with E-state index in [0.29, 0.717) is 0 Å². The summed E-state index contributed by atoms with van der Waals surface area (Å²) in [5.41, 5.74) is -2.79. The molecule has 26 heteroatoms. The summed E-state index contributed by atoms with van der Waals surface area (Å²) in [6.45, 7) is 3.34. The van der Waals surface area contributed by atoms with Crippen LogP contribution in [-0.4, -0.2) is 175 Å². The average molecular weight is 988 g/mol. The number of carbonyl (C=O) groups excluding carboxylic acids is 8. The van der Waals surface area contributed by atoms with Crippen molar-refractivity contribution in [3.05, 3.63) is 70.8 Å². The number of alkyl carbamates (subject to hydrolysis) is 1. The second kappa shape index (κ2) is 25.9. The zero-order valence-electron chi connectivity index (χ0n) is 37.9. The molecule has 1 aliphatic rings. The lowest BCUT2D eigenvalue weighted by atomic mass is 10.1.